The van der Waals surface area contributed by atoms with Gasteiger partial charge in [-0.2, -0.15) is 10.5 Å². The van der Waals surface area contributed by atoms with Gasteiger partial charge in [-0.05, 0) is 59.7 Å². The normalized spacial score (nSPS) is 10.7. The Balaban J connectivity index is 1.49. The van der Waals surface area contributed by atoms with Gasteiger partial charge in [0.25, 0.3) is 0 Å². The topological polar surface area (TPSA) is 50.8 Å². The van der Waals surface area contributed by atoms with E-state index >= 15 is 0 Å². The summed E-state index contributed by atoms with van der Waals surface area (Å²) in [6, 6.07) is 43.4. The van der Waals surface area contributed by atoms with Gasteiger partial charge in [0.1, 0.15) is 12.1 Å². The van der Waals surface area contributed by atoms with Crippen molar-refractivity contribution in [3.05, 3.63) is 126 Å². The lowest BCUT2D eigenvalue weighted by Gasteiger charge is -2.26. The van der Waals surface area contributed by atoms with Gasteiger partial charge in [0.05, 0.1) is 21.5 Å². The quantitative estimate of drug-likeness (QED) is 0.255. The van der Waals surface area contributed by atoms with Crippen molar-refractivity contribution in [1.29, 1.82) is 10.5 Å². The van der Waals surface area contributed by atoms with E-state index in [-0.39, 0.29) is 0 Å². The molecule has 4 heteroatoms. The van der Waals surface area contributed by atoms with Crippen molar-refractivity contribution in [2.75, 3.05) is 4.90 Å². The summed E-state index contributed by atoms with van der Waals surface area (Å²) in [7, 11) is 0. The van der Waals surface area contributed by atoms with Crippen LogP contribution in [0.2, 0.25) is 0 Å². The number of para-hydroxylation sites is 1. The zero-order valence-electron chi connectivity index (χ0n) is 19.2. The van der Waals surface area contributed by atoms with Gasteiger partial charge in [-0.1, -0.05) is 66.7 Å². The first-order valence-electron chi connectivity index (χ1n) is 11.6. The molecule has 0 spiro atoms. The number of nitrogens with zero attached hydrogens (tertiary/aromatic N) is 3. The average molecular weight is 478 g/mol. The fraction of sp³-hybridized carbons (Fsp3) is 0. The molecule has 5 aromatic carbocycles. The molecule has 0 aliphatic heterocycles. The van der Waals surface area contributed by atoms with Gasteiger partial charge in [0.15, 0.2) is 0 Å². The van der Waals surface area contributed by atoms with Crippen LogP contribution >= 0.6 is 11.3 Å². The van der Waals surface area contributed by atoms with Crippen LogP contribution in [0.1, 0.15) is 11.1 Å². The molecule has 3 nitrogen and oxygen atoms in total. The highest BCUT2D eigenvalue weighted by atomic mass is 32.1. The molecule has 0 amide bonds. The van der Waals surface area contributed by atoms with E-state index in [1.54, 1.807) is 12.1 Å². The summed E-state index contributed by atoms with van der Waals surface area (Å²) in [4.78, 5) is 2.29. The van der Waals surface area contributed by atoms with Crippen LogP contribution in [0.15, 0.2) is 115 Å². The molecule has 6 rings (SSSR count). The minimum absolute atomic E-state index is 0.390. The van der Waals surface area contributed by atoms with Crippen LogP contribution in [0, 0.1) is 22.7 Å². The molecule has 0 saturated carbocycles. The number of benzene rings is 5. The van der Waals surface area contributed by atoms with Gasteiger partial charge in [0.2, 0.25) is 0 Å². The number of nitriles is 2. The number of hydrogen-bond donors (Lipinski definition) is 0. The largest absolute Gasteiger partial charge is 0.309 e. The smallest absolute Gasteiger partial charge is 0.101 e. The molecule has 1 heterocycles. The Labute approximate surface area is 213 Å². The predicted molar refractivity (Wildman–Crippen MR) is 149 cm³/mol. The Kier molecular flexibility index (Phi) is 5.43. The van der Waals surface area contributed by atoms with Crippen LogP contribution in [0.4, 0.5) is 17.1 Å². The summed E-state index contributed by atoms with van der Waals surface area (Å²) in [5.74, 6) is 0. The van der Waals surface area contributed by atoms with E-state index in [1.165, 1.54) is 20.2 Å². The van der Waals surface area contributed by atoms with Crippen molar-refractivity contribution in [2.45, 2.75) is 0 Å². The number of thiophene rings is 1. The molecular weight excluding hydrogens is 458 g/mol. The van der Waals surface area contributed by atoms with E-state index < -0.39 is 0 Å². The van der Waals surface area contributed by atoms with E-state index in [4.69, 9.17) is 0 Å². The van der Waals surface area contributed by atoms with Gasteiger partial charge in [-0.15, -0.1) is 11.3 Å². The fourth-order valence-corrected chi connectivity index (χ4v) is 5.84. The lowest BCUT2D eigenvalue weighted by molar-refractivity contribution is 1.30. The average Bonchev–Trinajstić information content (AvgIpc) is 3.33. The molecule has 0 unspecified atom stereocenters. The minimum atomic E-state index is 0.390. The first-order valence-corrected chi connectivity index (χ1v) is 12.4. The Morgan fingerprint density at radius 2 is 1.22 bits per heavy atom. The Morgan fingerprint density at radius 3 is 2.00 bits per heavy atom. The highest BCUT2D eigenvalue weighted by molar-refractivity contribution is 7.26. The lowest BCUT2D eigenvalue weighted by Crippen LogP contribution is -2.09. The SMILES string of the molecule is N#Cc1ccc(-c2ccc(N(c3ccccc3)c3cccc4c3sc3ccccc34)cc2)cc1C#N. The third-order valence-electron chi connectivity index (χ3n) is 6.36. The minimum Gasteiger partial charge on any atom is -0.309 e. The molecule has 0 radical (unpaired) electrons. The van der Waals surface area contributed by atoms with E-state index in [0.29, 0.717) is 11.1 Å². The van der Waals surface area contributed by atoms with E-state index in [2.05, 4.69) is 108 Å². The van der Waals surface area contributed by atoms with E-state index in [0.717, 1.165) is 28.2 Å². The standard InChI is InChI=1S/C32H19N3S/c33-20-24-14-13-23(19-25(24)21-34)22-15-17-27(18-16-22)35(26-7-2-1-3-8-26)30-11-6-10-29-28-9-4-5-12-31(28)36-32(29)30/h1-19H. The number of rotatable bonds is 4. The molecule has 0 atom stereocenters. The molecule has 0 aliphatic rings. The highest BCUT2D eigenvalue weighted by Crippen LogP contribution is 2.44. The van der Waals surface area contributed by atoms with Crippen LogP contribution in [0.25, 0.3) is 31.3 Å². The maximum atomic E-state index is 9.42. The van der Waals surface area contributed by atoms with E-state index in [9.17, 15) is 10.5 Å². The monoisotopic (exact) mass is 477 g/mol. The van der Waals surface area contributed by atoms with Gasteiger partial charge in [0, 0.05) is 26.8 Å². The Hall–Kier alpha value is -4.90. The van der Waals surface area contributed by atoms with Gasteiger partial charge < -0.3 is 4.90 Å². The molecule has 168 valence electrons. The van der Waals surface area contributed by atoms with Crippen molar-refractivity contribution in [1.82, 2.24) is 0 Å². The summed E-state index contributed by atoms with van der Waals surface area (Å²) in [5, 5.41) is 21.2. The summed E-state index contributed by atoms with van der Waals surface area (Å²) < 4.78 is 2.52. The second-order valence-corrected chi connectivity index (χ2v) is 9.51. The zero-order valence-corrected chi connectivity index (χ0v) is 20.0. The van der Waals surface area contributed by atoms with Crippen LogP contribution in [-0.2, 0) is 0 Å². The second-order valence-electron chi connectivity index (χ2n) is 8.45. The first-order chi connectivity index (χ1) is 17.8. The van der Waals surface area contributed by atoms with Crippen molar-refractivity contribution < 1.29 is 0 Å². The lowest BCUT2D eigenvalue weighted by atomic mass is 9.99. The summed E-state index contributed by atoms with van der Waals surface area (Å²) >= 11 is 1.81. The second kappa shape index (κ2) is 9.04. The van der Waals surface area contributed by atoms with Crippen LogP contribution in [0.5, 0.6) is 0 Å². The first kappa shape index (κ1) is 21.6. The van der Waals surface area contributed by atoms with Gasteiger partial charge in [-0.3, -0.25) is 0 Å². The third-order valence-corrected chi connectivity index (χ3v) is 7.57. The van der Waals surface area contributed by atoms with Crippen molar-refractivity contribution >= 4 is 48.6 Å². The third kappa shape index (κ3) is 3.67. The van der Waals surface area contributed by atoms with Crippen molar-refractivity contribution in [3.8, 4) is 23.3 Å². The maximum Gasteiger partial charge on any atom is 0.101 e. The predicted octanol–water partition coefficient (Wildman–Crippen LogP) is 8.93. The van der Waals surface area contributed by atoms with Crippen LogP contribution in [-0.4, -0.2) is 0 Å². The molecule has 0 bridgehead atoms. The molecule has 1 aromatic heterocycles. The van der Waals surface area contributed by atoms with E-state index in [1.807, 2.05) is 23.5 Å². The highest BCUT2D eigenvalue weighted by Gasteiger charge is 2.17. The molecule has 0 N–H and O–H groups in total. The zero-order chi connectivity index (χ0) is 24.5. The van der Waals surface area contributed by atoms with Gasteiger partial charge in [-0.25, -0.2) is 0 Å². The van der Waals surface area contributed by atoms with Gasteiger partial charge >= 0.3 is 0 Å². The molecular formula is C32H19N3S. The number of hydrogen-bond acceptors (Lipinski definition) is 4. The van der Waals surface area contributed by atoms with Crippen molar-refractivity contribution in [2.24, 2.45) is 0 Å². The Bertz CT molecular complexity index is 1800. The number of anilines is 3. The molecule has 6 aromatic rings. The van der Waals surface area contributed by atoms with Crippen LogP contribution in [0.3, 0.4) is 0 Å². The summed E-state index contributed by atoms with van der Waals surface area (Å²) in [6.07, 6.45) is 0. The molecule has 0 saturated heterocycles. The molecule has 0 aliphatic carbocycles. The van der Waals surface area contributed by atoms with Crippen LogP contribution < -0.4 is 4.90 Å². The number of fused-ring (bicyclic) bond motifs is 3. The maximum absolute atomic E-state index is 9.42. The Morgan fingerprint density at radius 1 is 0.556 bits per heavy atom. The fourth-order valence-electron chi connectivity index (χ4n) is 4.63. The summed E-state index contributed by atoms with van der Waals surface area (Å²) in [6.45, 7) is 0. The molecule has 36 heavy (non-hydrogen) atoms. The molecule has 0 fully saturated rings. The van der Waals surface area contributed by atoms with Crippen molar-refractivity contribution in [3.63, 3.8) is 0 Å². The summed E-state index contributed by atoms with van der Waals surface area (Å²) in [5.41, 5.74) is 5.95.